The molecule has 5 unspecified atom stereocenters. The lowest BCUT2D eigenvalue weighted by atomic mass is 9.55. The Morgan fingerprint density at radius 1 is 1.03 bits per heavy atom. The molecule has 0 aromatic heterocycles. The molecule has 1 aromatic rings. The van der Waals surface area contributed by atoms with Gasteiger partial charge >= 0.3 is 0 Å². The fourth-order valence-corrected chi connectivity index (χ4v) is 6.57. The van der Waals surface area contributed by atoms with Crippen molar-refractivity contribution in [1.29, 1.82) is 0 Å². The van der Waals surface area contributed by atoms with E-state index in [1.54, 1.807) is 0 Å². The Hall–Kier alpha value is -2.34. The van der Waals surface area contributed by atoms with Crippen molar-refractivity contribution in [2.45, 2.75) is 85.2 Å². The molecule has 0 aliphatic heterocycles. The number of aldehydes is 2. The van der Waals surface area contributed by atoms with E-state index in [-0.39, 0.29) is 40.4 Å². The van der Waals surface area contributed by atoms with E-state index < -0.39 is 28.3 Å². The van der Waals surface area contributed by atoms with Gasteiger partial charge in [-0.3, -0.25) is 9.59 Å². The maximum Gasteiger partial charge on any atom is 0.157 e. The number of hydrogen-bond donors (Lipinski definition) is 4. The zero-order valence-corrected chi connectivity index (χ0v) is 21.3. The number of benzene rings is 1. The van der Waals surface area contributed by atoms with Gasteiger partial charge in [0.1, 0.15) is 17.2 Å². The first-order valence-corrected chi connectivity index (χ1v) is 12.4. The monoisotopic (exact) mass is 472 g/mol. The molecule has 4 N–H and O–H groups in total. The molecule has 1 fully saturated rings. The topological polar surface area (TPSA) is 115 Å². The quantitative estimate of drug-likeness (QED) is 0.298. The van der Waals surface area contributed by atoms with Crippen LogP contribution < -0.4 is 0 Å². The average molecular weight is 473 g/mol. The molecule has 2 aliphatic rings. The van der Waals surface area contributed by atoms with Gasteiger partial charge in [0, 0.05) is 11.5 Å². The van der Waals surface area contributed by atoms with Gasteiger partial charge in [-0.15, -0.1) is 0 Å². The maximum atomic E-state index is 11.7. The second-order valence-corrected chi connectivity index (χ2v) is 11.7. The van der Waals surface area contributed by atoms with Crippen molar-refractivity contribution in [3.63, 3.8) is 0 Å². The SMILES string of the molecule is CC(C)CC(c1c(O)c(C=O)c(O)c(C=O)c1O)C1(C)C=C2C(C)CCC(C(C)(C)O)C2CC1. The highest BCUT2D eigenvalue weighted by Crippen LogP contribution is 2.58. The van der Waals surface area contributed by atoms with Gasteiger partial charge in [-0.05, 0) is 75.0 Å². The minimum Gasteiger partial charge on any atom is -0.507 e. The van der Waals surface area contributed by atoms with E-state index in [1.165, 1.54) is 5.57 Å². The summed E-state index contributed by atoms with van der Waals surface area (Å²) in [5, 5.41) is 43.1. The Balaban J connectivity index is 2.21. The van der Waals surface area contributed by atoms with Gasteiger partial charge < -0.3 is 20.4 Å². The molecular formula is C28H40O6. The Kier molecular flexibility index (Phi) is 7.24. The molecule has 6 heteroatoms. The molecule has 5 atom stereocenters. The Labute approximate surface area is 202 Å². The number of carbonyl (C=O) groups is 2. The first-order valence-electron chi connectivity index (χ1n) is 12.4. The van der Waals surface area contributed by atoms with Gasteiger partial charge in [-0.25, -0.2) is 0 Å². The van der Waals surface area contributed by atoms with Crippen LogP contribution in [0.25, 0.3) is 0 Å². The highest BCUT2D eigenvalue weighted by atomic mass is 16.3. The average Bonchev–Trinajstić information content (AvgIpc) is 2.73. The van der Waals surface area contributed by atoms with Crippen molar-refractivity contribution < 1.29 is 30.0 Å². The van der Waals surface area contributed by atoms with Crippen LogP contribution in [0, 0.1) is 29.1 Å². The molecule has 0 spiro atoms. The highest BCUT2D eigenvalue weighted by molar-refractivity contribution is 5.95. The van der Waals surface area contributed by atoms with Crippen molar-refractivity contribution in [3.8, 4) is 17.2 Å². The number of rotatable bonds is 7. The summed E-state index contributed by atoms with van der Waals surface area (Å²) in [4.78, 5) is 23.4. The van der Waals surface area contributed by atoms with Crippen LogP contribution in [0.15, 0.2) is 11.6 Å². The lowest BCUT2D eigenvalue weighted by Gasteiger charge is -2.50. The number of phenols is 3. The minimum absolute atomic E-state index is 0.149. The van der Waals surface area contributed by atoms with E-state index in [0.29, 0.717) is 24.9 Å². The summed E-state index contributed by atoms with van der Waals surface area (Å²) in [6.07, 6.45) is 7.14. The van der Waals surface area contributed by atoms with E-state index in [2.05, 4.69) is 33.8 Å². The summed E-state index contributed by atoms with van der Waals surface area (Å²) in [6, 6.07) is 0. The third-order valence-electron chi connectivity index (χ3n) is 8.41. The molecule has 188 valence electrons. The molecular weight excluding hydrogens is 432 g/mol. The van der Waals surface area contributed by atoms with Crippen molar-refractivity contribution in [3.05, 3.63) is 28.3 Å². The smallest absolute Gasteiger partial charge is 0.157 e. The van der Waals surface area contributed by atoms with Crippen LogP contribution in [0.5, 0.6) is 17.2 Å². The summed E-state index contributed by atoms with van der Waals surface area (Å²) in [5.74, 6) is -1.000. The summed E-state index contributed by atoms with van der Waals surface area (Å²) in [6.45, 7) is 12.2. The molecule has 0 radical (unpaired) electrons. The van der Waals surface area contributed by atoms with E-state index in [4.69, 9.17) is 0 Å². The number of phenolic OH excluding ortho intramolecular Hbond substituents is 3. The number of fused-ring (bicyclic) bond motifs is 1. The van der Waals surface area contributed by atoms with Crippen molar-refractivity contribution in [2.75, 3.05) is 0 Å². The predicted molar refractivity (Wildman–Crippen MR) is 132 cm³/mol. The maximum absolute atomic E-state index is 11.7. The molecule has 0 bridgehead atoms. The molecule has 0 amide bonds. The van der Waals surface area contributed by atoms with Gasteiger partial charge in [-0.2, -0.15) is 0 Å². The summed E-state index contributed by atoms with van der Waals surface area (Å²) in [7, 11) is 0. The second-order valence-electron chi connectivity index (χ2n) is 11.7. The first kappa shape index (κ1) is 26.3. The lowest BCUT2D eigenvalue weighted by Crippen LogP contribution is -2.44. The van der Waals surface area contributed by atoms with Crippen LogP contribution in [0.3, 0.4) is 0 Å². The van der Waals surface area contributed by atoms with E-state index >= 15 is 0 Å². The molecule has 1 saturated carbocycles. The van der Waals surface area contributed by atoms with E-state index in [0.717, 1.165) is 25.7 Å². The van der Waals surface area contributed by atoms with Gasteiger partial charge in [0.2, 0.25) is 0 Å². The van der Waals surface area contributed by atoms with Gasteiger partial charge in [-0.1, -0.05) is 39.3 Å². The number of carbonyl (C=O) groups excluding carboxylic acids is 2. The first-order chi connectivity index (χ1) is 15.8. The van der Waals surface area contributed by atoms with E-state index in [1.807, 2.05) is 13.8 Å². The second kappa shape index (κ2) is 9.37. The molecule has 6 nitrogen and oxygen atoms in total. The Bertz CT molecular complexity index is 951. The highest BCUT2D eigenvalue weighted by Gasteiger charge is 2.47. The van der Waals surface area contributed by atoms with Crippen molar-refractivity contribution >= 4 is 12.6 Å². The Morgan fingerprint density at radius 3 is 2.06 bits per heavy atom. The van der Waals surface area contributed by atoms with Crippen molar-refractivity contribution in [1.82, 2.24) is 0 Å². The normalized spacial score (nSPS) is 28.2. The predicted octanol–water partition coefficient (Wildman–Crippen LogP) is 5.72. The number of aromatic hydroxyl groups is 3. The Morgan fingerprint density at radius 2 is 1.59 bits per heavy atom. The molecule has 0 heterocycles. The molecule has 3 rings (SSSR count). The number of aliphatic hydroxyl groups is 1. The van der Waals surface area contributed by atoms with Crippen LogP contribution in [-0.2, 0) is 0 Å². The summed E-state index contributed by atoms with van der Waals surface area (Å²) >= 11 is 0. The zero-order chi connectivity index (χ0) is 25.6. The summed E-state index contributed by atoms with van der Waals surface area (Å²) < 4.78 is 0. The molecule has 34 heavy (non-hydrogen) atoms. The fraction of sp³-hybridized carbons (Fsp3) is 0.643. The summed E-state index contributed by atoms with van der Waals surface area (Å²) in [5.41, 5.74) is -0.525. The van der Waals surface area contributed by atoms with Crippen LogP contribution in [0.1, 0.15) is 106 Å². The third kappa shape index (κ3) is 4.49. The lowest BCUT2D eigenvalue weighted by molar-refractivity contribution is -0.0265. The molecule has 0 saturated heterocycles. The van der Waals surface area contributed by atoms with Crippen LogP contribution in [-0.4, -0.2) is 38.6 Å². The van der Waals surface area contributed by atoms with Crippen LogP contribution in [0.4, 0.5) is 0 Å². The number of hydrogen-bond acceptors (Lipinski definition) is 6. The van der Waals surface area contributed by atoms with Gasteiger partial charge in [0.25, 0.3) is 0 Å². The number of allylic oxidation sites excluding steroid dienone is 2. The largest absolute Gasteiger partial charge is 0.507 e. The van der Waals surface area contributed by atoms with Crippen molar-refractivity contribution in [2.24, 2.45) is 29.1 Å². The van der Waals surface area contributed by atoms with E-state index in [9.17, 15) is 30.0 Å². The minimum atomic E-state index is -0.778. The molecule has 2 aliphatic carbocycles. The molecule has 1 aromatic carbocycles. The fourth-order valence-electron chi connectivity index (χ4n) is 6.57. The van der Waals surface area contributed by atoms with Gasteiger partial charge in [0.15, 0.2) is 12.6 Å². The standard InChI is InChI=1S/C28H40O6/c1-15(2)11-22(23-25(32)19(13-29)24(31)20(14-30)26(23)33)28(6)10-9-17-18(12-28)16(3)7-8-21(17)27(4,5)34/h12-17,21-22,31-34H,7-11H2,1-6H3. The van der Waals surface area contributed by atoms with Crippen LogP contribution in [0.2, 0.25) is 0 Å². The van der Waals surface area contributed by atoms with Crippen LogP contribution >= 0.6 is 0 Å². The third-order valence-corrected chi connectivity index (χ3v) is 8.41. The zero-order valence-electron chi connectivity index (χ0n) is 21.3. The van der Waals surface area contributed by atoms with Gasteiger partial charge in [0.05, 0.1) is 16.7 Å².